The maximum absolute atomic E-state index is 11.6. The third-order valence-corrected chi connectivity index (χ3v) is 3.99. The smallest absolute Gasteiger partial charge is 0.243 e. The van der Waals surface area contributed by atoms with Crippen LogP contribution in [0.2, 0.25) is 0 Å². The van der Waals surface area contributed by atoms with Crippen LogP contribution < -0.4 is 10.6 Å². The fourth-order valence-electron chi connectivity index (χ4n) is 1.73. The molecule has 6 nitrogen and oxygen atoms in total. The van der Waals surface area contributed by atoms with E-state index in [4.69, 9.17) is 0 Å². The van der Waals surface area contributed by atoms with E-state index in [0.29, 0.717) is 5.96 Å². The molecule has 0 bridgehead atoms. The van der Waals surface area contributed by atoms with Crippen molar-refractivity contribution >= 4 is 23.2 Å². The molecule has 0 aromatic carbocycles. The molecular weight excluding hydrogens is 286 g/mol. The van der Waals surface area contributed by atoms with E-state index in [1.54, 1.807) is 25.4 Å². The van der Waals surface area contributed by atoms with Crippen molar-refractivity contribution in [3.05, 3.63) is 15.6 Å². The highest BCUT2D eigenvalue weighted by Gasteiger charge is 2.06. The lowest BCUT2D eigenvalue weighted by Crippen LogP contribution is -2.39. The van der Waals surface area contributed by atoms with E-state index < -0.39 is 0 Å². The normalized spacial score (nSPS) is 11.4. The van der Waals surface area contributed by atoms with E-state index in [0.717, 1.165) is 30.2 Å². The molecule has 7 heteroatoms. The second kappa shape index (κ2) is 8.61. The number of aryl methyl sites for hydroxylation is 2. The molecule has 0 fully saturated rings. The number of nitrogens with zero attached hydrogens (tertiary/aromatic N) is 3. The number of carbonyl (C=O) groups is 1. The third kappa shape index (κ3) is 6.12. The number of guanidine groups is 1. The van der Waals surface area contributed by atoms with Crippen molar-refractivity contribution in [2.45, 2.75) is 27.2 Å². The molecule has 0 aliphatic carbocycles. The molecule has 0 unspecified atom stereocenters. The number of carbonyl (C=O) groups excluding carboxylic acids is 1. The first-order valence-electron chi connectivity index (χ1n) is 7.09. The van der Waals surface area contributed by atoms with Crippen LogP contribution in [0.1, 0.15) is 22.5 Å². The highest BCUT2D eigenvalue weighted by atomic mass is 32.1. The van der Waals surface area contributed by atoms with Crippen molar-refractivity contribution in [1.29, 1.82) is 0 Å². The topological polar surface area (TPSA) is 69.6 Å². The summed E-state index contributed by atoms with van der Waals surface area (Å²) in [5, 5.41) is 7.48. The lowest BCUT2D eigenvalue weighted by molar-refractivity contribution is -0.127. The summed E-state index contributed by atoms with van der Waals surface area (Å²) in [4.78, 5) is 23.1. The van der Waals surface area contributed by atoms with E-state index in [-0.39, 0.29) is 12.5 Å². The van der Waals surface area contributed by atoms with E-state index in [1.165, 1.54) is 9.78 Å². The molecule has 0 saturated heterocycles. The van der Waals surface area contributed by atoms with Crippen molar-refractivity contribution in [2.75, 3.05) is 33.7 Å². The van der Waals surface area contributed by atoms with Gasteiger partial charge in [0.2, 0.25) is 5.91 Å². The second-order valence-electron chi connectivity index (χ2n) is 4.90. The molecule has 1 rings (SSSR count). The first kappa shape index (κ1) is 17.4. The van der Waals surface area contributed by atoms with Gasteiger partial charge in [-0.1, -0.05) is 0 Å². The van der Waals surface area contributed by atoms with Crippen LogP contribution in [0.3, 0.4) is 0 Å². The van der Waals surface area contributed by atoms with E-state index in [1.807, 2.05) is 20.8 Å². The number of hydrogen-bond acceptors (Lipinski definition) is 4. The third-order valence-electron chi connectivity index (χ3n) is 2.86. The van der Waals surface area contributed by atoms with Crippen LogP contribution in [0.25, 0.3) is 0 Å². The Bertz CT molecular complexity index is 496. The summed E-state index contributed by atoms with van der Waals surface area (Å²) in [6.45, 7) is 7.74. The van der Waals surface area contributed by atoms with Crippen molar-refractivity contribution in [3.8, 4) is 0 Å². The number of likely N-dealkylation sites (N-methyl/N-ethyl adjacent to an activating group) is 1. The molecule has 21 heavy (non-hydrogen) atoms. The Morgan fingerprint density at radius 1 is 1.33 bits per heavy atom. The molecule has 0 spiro atoms. The van der Waals surface area contributed by atoms with Gasteiger partial charge < -0.3 is 15.5 Å². The Morgan fingerprint density at radius 2 is 2.05 bits per heavy atom. The van der Waals surface area contributed by atoms with Gasteiger partial charge in [0.1, 0.15) is 6.54 Å². The van der Waals surface area contributed by atoms with Gasteiger partial charge in [-0.2, -0.15) is 0 Å². The van der Waals surface area contributed by atoms with Gasteiger partial charge in [0, 0.05) is 38.5 Å². The number of aliphatic imine (C=N–C) groups is 1. The van der Waals surface area contributed by atoms with E-state index in [9.17, 15) is 4.79 Å². The molecule has 0 atom stereocenters. The van der Waals surface area contributed by atoms with Crippen molar-refractivity contribution in [2.24, 2.45) is 4.99 Å². The largest absolute Gasteiger partial charge is 0.357 e. The summed E-state index contributed by atoms with van der Waals surface area (Å²) in [6, 6.07) is 0. The summed E-state index contributed by atoms with van der Waals surface area (Å²) >= 11 is 1.73. The van der Waals surface area contributed by atoms with Gasteiger partial charge in [0.15, 0.2) is 5.96 Å². The fourth-order valence-corrected chi connectivity index (χ4v) is 2.67. The summed E-state index contributed by atoms with van der Waals surface area (Å²) in [5.41, 5.74) is 1.10. The molecule has 0 radical (unpaired) electrons. The summed E-state index contributed by atoms with van der Waals surface area (Å²) in [5.74, 6) is 0.660. The number of aromatic nitrogens is 1. The summed E-state index contributed by atoms with van der Waals surface area (Å²) in [6.07, 6.45) is 0.906. The van der Waals surface area contributed by atoms with Crippen LogP contribution in [0.15, 0.2) is 4.99 Å². The van der Waals surface area contributed by atoms with Gasteiger partial charge >= 0.3 is 0 Å². The van der Waals surface area contributed by atoms with Gasteiger partial charge in [-0.15, -0.1) is 11.3 Å². The van der Waals surface area contributed by atoms with Crippen LogP contribution in [-0.4, -0.2) is 55.5 Å². The molecule has 0 saturated carbocycles. The molecule has 2 N–H and O–H groups in total. The van der Waals surface area contributed by atoms with Crippen LogP contribution in [-0.2, 0) is 11.2 Å². The molecule has 0 aliphatic heterocycles. The molecule has 1 aromatic heterocycles. The predicted octanol–water partition coefficient (Wildman–Crippen LogP) is 0.946. The number of hydrogen-bond donors (Lipinski definition) is 2. The molecule has 0 aliphatic rings. The molecule has 1 aromatic rings. The minimum absolute atomic E-state index is 0.0128. The van der Waals surface area contributed by atoms with Gasteiger partial charge in [-0.25, -0.2) is 9.98 Å². The minimum Gasteiger partial charge on any atom is -0.357 e. The number of thiazole rings is 1. The number of nitrogens with one attached hydrogen (secondary N) is 2. The zero-order valence-electron chi connectivity index (χ0n) is 13.5. The first-order chi connectivity index (χ1) is 9.93. The monoisotopic (exact) mass is 311 g/mol. The number of amides is 1. The van der Waals surface area contributed by atoms with Crippen molar-refractivity contribution < 1.29 is 4.79 Å². The molecule has 1 heterocycles. The highest BCUT2D eigenvalue weighted by Crippen LogP contribution is 2.16. The quantitative estimate of drug-likeness (QED) is 0.606. The molecule has 118 valence electrons. The Labute approximate surface area is 130 Å². The average Bonchev–Trinajstić information content (AvgIpc) is 2.73. The van der Waals surface area contributed by atoms with Crippen molar-refractivity contribution in [3.63, 3.8) is 0 Å². The predicted molar refractivity (Wildman–Crippen MR) is 88.0 cm³/mol. The average molecular weight is 311 g/mol. The summed E-state index contributed by atoms with van der Waals surface area (Å²) < 4.78 is 0. The van der Waals surface area contributed by atoms with E-state index >= 15 is 0 Å². The van der Waals surface area contributed by atoms with E-state index in [2.05, 4.69) is 20.6 Å². The Balaban J connectivity index is 2.49. The first-order valence-corrected chi connectivity index (χ1v) is 7.91. The molecule has 1 amide bonds. The maximum Gasteiger partial charge on any atom is 0.243 e. The van der Waals surface area contributed by atoms with Gasteiger partial charge in [-0.3, -0.25) is 4.79 Å². The Hall–Kier alpha value is -1.63. The Kier molecular flexibility index (Phi) is 7.14. The maximum atomic E-state index is 11.6. The molecular formula is C14H25N5OS. The summed E-state index contributed by atoms with van der Waals surface area (Å²) in [7, 11) is 3.46. The minimum atomic E-state index is -0.0128. The highest BCUT2D eigenvalue weighted by molar-refractivity contribution is 7.11. The number of rotatable bonds is 6. The second-order valence-corrected chi connectivity index (χ2v) is 6.19. The fraction of sp³-hybridized carbons (Fsp3) is 0.643. The van der Waals surface area contributed by atoms with Gasteiger partial charge in [-0.05, 0) is 20.8 Å². The lowest BCUT2D eigenvalue weighted by Gasteiger charge is -2.12. The van der Waals surface area contributed by atoms with Crippen LogP contribution >= 0.6 is 11.3 Å². The van der Waals surface area contributed by atoms with Gasteiger partial charge in [0.25, 0.3) is 0 Å². The van der Waals surface area contributed by atoms with Crippen LogP contribution in [0.4, 0.5) is 0 Å². The van der Waals surface area contributed by atoms with Gasteiger partial charge in [0.05, 0.1) is 10.7 Å². The van der Waals surface area contributed by atoms with Crippen LogP contribution in [0.5, 0.6) is 0 Å². The lowest BCUT2D eigenvalue weighted by atomic mass is 10.3. The van der Waals surface area contributed by atoms with Crippen molar-refractivity contribution in [1.82, 2.24) is 20.5 Å². The SMILES string of the molecule is CCNC(=NCC(=O)N(C)C)NCCc1sc(C)nc1C. The standard InChI is InChI=1S/C14H25N5OS/c1-6-15-14(17-9-13(20)19(4)5)16-8-7-12-10(2)18-11(3)21-12/h6-9H2,1-5H3,(H2,15,16,17). The van der Waals surface area contributed by atoms with Crippen LogP contribution in [0, 0.1) is 13.8 Å². The Morgan fingerprint density at radius 3 is 2.57 bits per heavy atom. The zero-order valence-corrected chi connectivity index (χ0v) is 14.3. The zero-order chi connectivity index (χ0) is 15.8.